The van der Waals surface area contributed by atoms with Crippen molar-refractivity contribution in [3.63, 3.8) is 0 Å². The summed E-state index contributed by atoms with van der Waals surface area (Å²) >= 11 is 1.36. The van der Waals surface area contributed by atoms with Crippen LogP contribution in [0.1, 0.15) is 52.9 Å². The number of rotatable bonds is 6. The highest BCUT2D eigenvalue weighted by Crippen LogP contribution is 2.27. The number of alkyl carbamates (subject to hydrolysis) is 1. The zero-order valence-electron chi connectivity index (χ0n) is 18.3. The van der Waals surface area contributed by atoms with E-state index in [1.807, 2.05) is 38.3 Å². The van der Waals surface area contributed by atoms with Crippen molar-refractivity contribution in [2.75, 3.05) is 11.9 Å². The standard InChI is InChI=1S/C22H31N5O3S/c1-22(2,3)30-21(29)24-13-17(15-8-5-4-6-9-15)25-19(28)27-20-26-18(14-31-20)16-10-7-11-23-12-16/h7,10-12,14-15,17H,4-6,8-9,13H2,1-3H3,(H,24,29)(H2,25,26,27,28). The smallest absolute Gasteiger partial charge is 0.407 e. The lowest BCUT2D eigenvalue weighted by molar-refractivity contribution is 0.0516. The number of nitrogens with zero attached hydrogens (tertiary/aromatic N) is 2. The second-order valence-corrected chi connectivity index (χ2v) is 9.62. The van der Waals surface area contributed by atoms with Crippen LogP contribution in [0.25, 0.3) is 11.3 Å². The minimum atomic E-state index is -0.563. The second kappa shape index (κ2) is 10.6. The number of urea groups is 1. The summed E-state index contributed by atoms with van der Waals surface area (Å²) in [6.07, 6.45) is 8.52. The van der Waals surface area contributed by atoms with E-state index in [4.69, 9.17) is 4.74 Å². The molecule has 1 saturated carbocycles. The van der Waals surface area contributed by atoms with E-state index in [0.29, 0.717) is 17.6 Å². The van der Waals surface area contributed by atoms with Gasteiger partial charge in [0.25, 0.3) is 0 Å². The molecule has 3 amide bonds. The SMILES string of the molecule is CC(C)(C)OC(=O)NCC(NC(=O)Nc1nc(-c2cccnc2)cs1)C1CCCCC1. The maximum atomic E-state index is 12.7. The first-order valence-electron chi connectivity index (χ1n) is 10.7. The number of aromatic nitrogens is 2. The predicted octanol–water partition coefficient (Wildman–Crippen LogP) is 4.80. The highest BCUT2D eigenvalue weighted by atomic mass is 32.1. The molecule has 168 valence electrons. The molecule has 1 aliphatic rings. The molecule has 2 aromatic rings. The first-order valence-corrected chi connectivity index (χ1v) is 11.6. The topological polar surface area (TPSA) is 105 Å². The van der Waals surface area contributed by atoms with Crippen molar-refractivity contribution in [1.82, 2.24) is 20.6 Å². The van der Waals surface area contributed by atoms with Gasteiger partial charge in [0.2, 0.25) is 0 Å². The number of hydrogen-bond donors (Lipinski definition) is 3. The van der Waals surface area contributed by atoms with Gasteiger partial charge in [0, 0.05) is 29.9 Å². The molecule has 1 fully saturated rings. The summed E-state index contributed by atoms with van der Waals surface area (Å²) < 4.78 is 5.33. The molecule has 1 aliphatic carbocycles. The van der Waals surface area contributed by atoms with Crippen LogP contribution in [-0.4, -0.2) is 40.3 Å². The van der Waals surface area contributed by atoms with E-state index >= 15 is 0 Å². The Hall–Kier alpha value is -2.68. The predicted molar refractivity (Wildman–Crippen MR) is 122 cm³/mol. The zero-order chi connectivity index (χ0) is 22.3. The number of hydrogen-bond acceptors (Lipinski definition) is 6. The average molecular weight is 446 g/mol. The Morgan fingerprint density at radius 1 is 1.26 bits per heavy atom. The molecular formula is C22H31N5O3S. The van der Waals surface area contributed by atoms with Crippen molar-refractivity contribution in [3.8, 4) is 11.3 Å². The zero-order valence-corrected chi connectivity index (χ0v) is 19.1. The fraction of sp³-hybridized carbons (Fsp3) is 0.545. The minimum absolute atomic E-state index is 0.175. The maximum Gasteiger partial charge on any atom is 0.407 e. The number of anilines is 1. The number of thiazole rings is 1. The summed E-state index contributed by atoms with van der Waals surface area (Å²) in [4.78, 5) is 33.3. The number of carbonyl (C=O) groups excluding carboxylic acids is 2. The quantitative estimate of drug-likeness (QED) is 0.592. The molecule has 0 bridgehead atoms. The highest BCUT2D eigenvalue weighted by molar-refractivity contribution is 7.14. The van der Waals surface area contributed by atoms with E-state index in [2.05, 4.69) is 25.9 Å². The lowest BCUT2D eigenvalue weighted by Gasteiger charge is -2.31. The third-order valence-electron chi connectivity index (χ3n) is 5.08. The van der Waals surface area contributed by atoms with Gasteiger partial charge in [-0.1, -0.05) is 19.3 Å². The van der Waals surface area contributed by atoms with Gasteiger partial charge in [0.15, 0.2) is 5.13 Å². The van der Waals surface area contributed by atoms with Crippen molar-refractivity contribution in [2.45, 2.75) is 64.5 Å². The fourth-order valence-electron chi connectivity index (χ4n) is 3.66. The van der Waals surface area contributed by atoms with Crippen LogP contribution in [-0.2, 0) is 4.74 Å². The summed E-state index contributed by atoms with van der Waals surface area (Å²) in [7, 11) is 0. The van der Waals surface area contributed by atoms with Crippen molar-refractivity contribution in [3.05, 3.63) is 29.9 Å². The lowest BCUT2D eigenvalue weighted by atomic mass is 9.84. The van der Waals surface area contributed by atoms with Crippen LogP contribution in [0.2, 0.25) is 0 Å². The van der Waals surface area contributed by atoms with Crippen LogP contribution in [0, 0.1) is 5.92 Å². The van der Waals surface area contributed by atoms with Crippen molar-refractivity contribution >= 4 is 28.6 Å². The number of ether oxygens (including phenoxy) is 1. The monoisotopic (exact) mass is 445 g/mol. The molecule has 1 atom stereocenters. The minimum Gasteiger partial charge on any atom is -0.444 e. The van der Waals surface area contributed by atoms with Gasteiger partial charge in [0.05, 0.1) is 11.7 Å². The van der Waals surface area contributed by atoms with Gasteiger partial charge in [-0.2, -0.15) is 0 Å². The van der Waals surface area contributed by atoms with Gasteiger partial charge in [-0.3, -0.25) is 10.3 Å². The van der Waals surface area contributed by atoms with E-state index in [-0.39, 0.29) is 12.1 Å². The number of amides is 3. The Morgan fingerprint density at radius 3 is 2.71 bits per heavy atom. The van der Waals surface area contributed by atoms with Crippen molar-refractivity contribution in [1.29, 1.82) is 0 Å². The van der Waals surface area contributed by atoms with Crippen LogP contribution < -0.4 is 16.0 Å². The second-order valence-electron chi connectivity index (χ2n) is 8.77. The summed E-state index contributed by atoms with van der Waals surface area (Å²) in [6, 6.07) is 3.27. The summed E-state index contributed by atoms with van der Waals surface area (Å²) in [5.74, 6) is 0.316. The van der Waals surface area contributed by atoms with Gasteiger partial charge in [-0.15, -0.1) is 11.3 Å². The van der Waals surface area contributed by atoms with Gasteiger partial charge in [-0.25, -0.2) is 14.6 Å². The molecule has 0 aliphatic heterocycles. The molecule has 0 radical (unpaired) electrons. The van der Waals surface area contributed by atoms with E-state index in [0.717, 1.165) is 36.9 Å². The molecule has 1 unspecified atom stereocenters. The van der Waals surface area contributed by atoms with Crippen LogP contribution >= 0.6 is 11.3 Å². The number of pyridine rings is 1. The molecule has 31 heavy (non-hydrogen) atoms. The van der Waals surface area contributed by atoms with Crippen molar-refractivity contribution in [2.24, 2.45) is 5.92 Å². The van der Waals surface area contributed by atoms with Gasteiger partial charge in [-0.05, 0) is 51.7 Å². The number of carbonyl (C=O) groups is 2. The van der Waals surface area contributed by atoms with Crippen molar-refractivity contribution < 1.29 is 14.3 Å². The Morgan fingerprint density at radius 2 is 2.03 bits per heavy atom. The first-order chi connectivity index (χ1) is 14.8. The first kappa shape index (κ1) is 23.0. The third-order valence-corrected chi connectivity index (χ3v) is 5.84. The lowest BCUT2D eigenvalue weighted by Crippen LogP contribution is -2.50. The summed E-state index contributed by atoms with van der Waals surface area (Å²) in [5, 5.41) is 11.1. The Kier molecular flexibility index (Phi) is 7.84. The maximum absolute atomic E-state index is 12.7. The Labute approximate surface area is 187 Å². The molecular weight excluding hydrogens is 414 g/mol. The molecule has 3 N–H and O–H groups in total. The average Bonchev–Trinajstić information content (AvgIpc) is 3.19. The molecule has 3 rings (SSSR count). The largest absolute Gasteiger partial charge is 0.444 e. The molecule has 9 heteroatoms. The van der Waals surface area contributed by atoms with Gasteiger partial charge >= 0.3 is 12.1 Å². The normalized spacial score (nSPS) is 15.7. The van der Waals surface area contributed by atoms with Gasteiger partial charge in [0.1, 0.15) is 5.60 Å². The highest BCUT2D eigenvalue weighted by Gasteiger charge is 2.27. The van der Waals surface area contributed by atoms with Crippen LogP contribution in [0.5, 0.6) is 0 Å². The summed E-state index contributed by atoms with van der Waals surface area (Å²) in [5.41, 5.74) is 1.10. The van der Waals surface area contributed by atoms with Crippen LogP contribution in [0.4, 0.5) is 14.7 Å². The molecule has 8 nitrogen and oxygen atoms in total. The van der Waals surface area contributed by atoms with E-state index in [1.165, 1.54) is 17.8 Å². The van der Waals surface area contributed by atoms with Gasteiger partial charge < -0.3 is 15.4 Å². The Bertz CT molecular complexity index is 860. The molecule has 0 saturated heterocycles. The van der Waals surface area contributed by atoms with Crippen LogP contribution in [0.15, 0.2) is 29.9 Å². The van der Waals surface area contributed by atoms with E-state index in [1.54, 1.807) is 12.4 Å². The third kappa shape index (κ3) is 7.50. The summed E-state index contributed by atoms with van der Waals surface area (Å²) in [6.45, 7) is 5.80. The molecule has 2 aromatic heterocycles. The van der Waals surface area contributed by atoms with E-state index in [9.17, 15) is 9.59 Å². The molecule has 2 heterocycles. The van der Waals surface area contributed by atoms with E-state index < -0.39 is 11.7 Å². The fourth-order valence-corrected chi connectivity index (χ4v) is 4.37. The Balaban J connectivity index is 1.58. The van der Waals surface area contributed by atoms with Crippen LogP contribution in [0.3, 0.4) is 0 Å². The molecule has 0 aromatic carbocycles. The number of nitrogens with one attached hydrogen (secondary N) is 3. The molecule has 0 spiro atoms.